The Morgan fingerprint density at radius 3 is 2.60 bits per heavy atom. The fraction of sp³-hybridized carbons (Fsp3) is 0.133. The molecule has 5 nitrogen and oxygen atoms in total. The first-order valence-corrected chi connectivity index (χ1v) is 5.96. The average Bonchev–Trinajstić information content (AvgIpc) is 2.53. The highest BCUT2D eigenvalue weighted by atomic mass is 16.5. The summed E-state index contributed by atoms with van der Waals surface area (Å²) in [4.78, 5) is 20.0. The molecule has 2 rings (SSSR count). The molecule has 0 aliphatic rings. The Bertz CT molecular complexity index is 624. The van der Waals surface area contributed by atoms with Crippen molar-refractivity contribution in [2.75, 3.05) is 14.2 Å². The van der Waals surface area contributed by atoms with Gasteiger partial charge in [-0.25, -0.2) is 0 Å². The maximum atomic E-state index is 11.9. The van der Waals surface area contributed by atoms with Gasteiger partial charge in [0.25, 0.3) is 0 Å². The molecular formula is C15H14N2O3. The predicted molar refractivity (Wildman–Crippen MR) is 74.9 cm³/mol. The topological polar surface area (TPSA) is 61.3 Å². The highest BCUT2D eigenvalue weighted by molar-refractivity contribution is 6.05. The van der Waals surface area contributed by atoms with Crippen molar-refractivity contribution in [3.8, 4) is 11.5 Å². The highest BCUT2D eigenvalue weighted by Crippen LogP contribution is 2.26. The predicted octanol–water partition coefficient (Wildman–Crippen LogP) is 2.39. The first kappa shape index (κ1) is 13.7. The number of ketones is 1. The van der Waals surface area contributed by atoms with E-state index in [4.69, 9.17) is 9.47 Å². The molecule has 0 aromatic carbocycles. The first-order valence-electron chi connectivity index (χ1n) is 5.96. The Hall–Kier alpha value is -2.69. The smallest absolute Gasteiger partial charge is 0.204 e. The third-order valence-electron chi connectivity index (χ3n) is 2.62. The van der Waals surface area contributed by atoms with E-state index in [1.807, 2.05) is 0 Å². The van der Waals surface area contributed by atoms with Gasteiger partial charge in [-0.3, -0.25) is 14.8 Å². The van der Waals surface area contributed by atoms with Crippen LogP contribution in [0, 0.1) is 0 Å². The van der Waals surface area contributed by atoms with Crippen LogP contribution in [0.2, 0.25) is 0 Å². The third-order valence-corrected chi connectivity index (χ3v) is 2.62. The second kappa shape index (κ2) is 6.47. The summed E-state index contributed by atoms with van der Waals surface area (Å²) in [5.41, 5.74) is 0.996. The maximum Gasteiger partial charge on any atom is 0.204 e. The molecule has 0 N–H and O–H groups in total. The van der Waals surface area contributed by atoms with Crippen molar-refractivity contribution >= 4 is 11.9 Å². The van der Waals surface area contributed by atoms with Crippen LogP contribution >= 0.6 is 0 Å². The zero-order valence-corrected chi connectivity index (χ0v) is 11.2. The molecule has 0 atom stereocenters. The van der Waals surface area contributed by atoms with E-state index in [-0.39, 0.29) is 5.78 Å². The van der Waals surface area contributed by atoms with Crippen molar-refractivity contribution < 1.29 is 14.3 Å². The number of hydrogen-bond acceptors (Lipinski definition) is 5. The molecule has 0 saturated carbocycles. The number of methoxy groups -OCH3 is 2. The molecule has 2 aromatic heterocycles. The molecule has 0 saturated heterocycles. The van der Waals surface area contributed by atoms with Crippen LogP contribution in [0.3, 0.4) is 0 Å². The zero-order chi connectivity index (χ0) is 14.4. The normalized spacial score (nSPS) is 10.5. The molecule has 0 aliphatic heterocycles. The van der Waals surface area contributed by atoms with Gasteiger partial charge in [-0.2, -0.15) is 0 Å². The second-order valence-electron chi connectivity index (χ2n) is 3.88. The lowest BCUT2D eigenvalue weighted by Gasteiger charge is -2.06. The molecule has 102 valence electrons. The monoisotopic (exact) mass is 270 g/mol. The lowest BCUT2D eigenvalue weighted by molar-refractivity contribution is 0.104. The minimum absolute atomic E-state index is 0.179. The third kappa shape index (κ3) is 3.20. The summed E-state index contributed by atoms with van der Waals surface area (Å²) >= 11 is 0. The van der Waals surface area contributed by atoms with Crippen molar-refractivity contribution in [2.24, 2.45) is 0 Å². The SMILES string of the molecule is COc1cnc(C=CC(=O)c2ccccn2)cc1OC. The molecule has 20 heavy (non-hydrogen) atoms. The number of nitrogens with zero attached hydrogens (tertiary/aromatic N) is 2. The average molecular weight is 270 g/mol. The van der Waals surface area contributed by atoms with Crippen molar-refractivity contribution in [2.45, 2.75) is 0 Å². The Morgan fingerprint density at radius 1 is 1.15 bits per heavy atom. The zero-order valence-electron chi connectivity index (χ0n) is 11.2. The molecule has 2 aromatic rings. The van der Waals surface area contributed by atoms with E-state index < -0.39 is 0 Å². The maximum absolute atomic E-state index is 11.9. The van der Waals surface area contributed by atoms with Gasteiger partial charge in [-0.1, -0.05) is 6.07 Å². The van der Waals surface area contributed by atoms with Gasteiger partial charge < -0.3 is 9.47 Å². The summed E-state index contributed by atoms with van der Waals surface area (Å²) in [5.74, 6) is 0.926. The molecule has 0 aliphatic carbocycles. The van der Waals surface area contributed by atoms with E-state index in [1.165, 1.54) is 6.08 Å². The van der Waals surface area contributed by atoms with Gasteiger partial charge in [0, 0.05) is 12.3 Å². The van der Waals surface area contributed by atoms with Gasteiger partial charge in [-0.15, -0.1) is 0 Å². The number of hydrogen-bond donors (Lipinski definition) is 0. The van der Waals surface area contributed by atoms with Crippen LogP contribution in [0.5, 0.6) is 11.5 Å². The van der Waals surface area contributed by atoms with E-state index in [1.54, 1.807) is 57.0 Å². The van der Waals surface area contributed by atoms with E-state index in [0.717, 1.165) is 0 Å². The Kier molecular flexibility index (Phi) is 4.44. The van der Waals surface area contributed by atoms with E-state index in [0.29, 0.717) is 22.9 Å². The van der Waals surface area contributed by atoms with Crippen LogP contribution in [0.25, 0.3) is 6.08 Å². The molecule has 0 spiro atoms. The summed E-state index contributed by atoms with van der Waals surface area (Å²) in [7, 11) is 3.09. The van der Waals surface area contributed by atoms with Crippen LogP contribution in [0.4, 0.5) is 0 Å². The number of rotatable bonds is 5. The van der Waals surface area contributed by atoms with E-state index in [2.05, 4.69) is 9.97 Å². The fourth-order valence-corrected chi connectivity index (χ4v) is 1.60. The number of allylic oxidation sites excluding steroid dienone is 1. The van der Waals surface area contributed by atoms with Crippen molar-refractivity contribution in [1.82, 2.24) is 9.97 Å². The largest absolute Gasteiger partial charge is 0.493 e. The number of aromatic nitrogens is 2. The molecule has 5 heteroatoms. The highest BCUT2D eigenvalue weighted by Gasteiger charge is 2.05. The van der Waals surface area contributed by atoms with Crippen LogP contribution in [0.1, 0.15) is 16.2 Å². The standard InChI is InChI=1S/C15H14N2O3/c1-19-14-9-11(17-10-15(14)20-2)6-7-13(18)12-5-3-4-8-16-12/h3-10H,1-2H3. The van der Waals surface area contributed by atoms with Gasteiger partial charge in [-0.05, 0) is 24.3 Å². The molecule has 0 bridgehead atoms. The Balaban J connectivity index is 2.17. The molecule has 0 fully saturated rings. The Labute approximate surface area is 116 Å². The summed E-state index contributed by atoms with van der Waals surface area (Å²) in [5, 5.41) is 0. The van der Waals surface area contributed by atoms with Crippen molar-refractivity contribution in [3.63, 3.8) is 0 Å². The van der Waals surface area contributed by atoms with Crippen LogP contribution in [-0.4, -0.2) is 30.0 Å². The lowest BCUT2D eigenvalue weighted by atomic mass is 10.2. The summed E-state index contributed by atoms with van der Waals surface area (Å²) in [6.45, 7) is 0. The quantitative estimate of drug-likeness (QED) is 0.616. The van der Waals surface area contributed by atoms with Crippen LogP contribution < -0.4 is 9.47 Å². The molecule has 0 unspecified atom stereocenters. The van der Waals surface area contributed by atoms with Gasteiger partial charge in [0.1, 0.15) is 5.69 Å². The van der Waals surface area contributed by atoms with Gasteiger partial charge in [0.05, 0.1) is 26.1 Å². The fourth-order valence-electron chi connectivity index (χ4n) is 1.60. The first-order chi connectivity index (χ1) is 9.74. The number of ether oxygens (including phenoxy) is 2. The minimum atomic E-state index is -0.179. The minimum Gasteiger partial charge on any atom is -0.493 e. The molecule has 0 amide bonds. The number of carbonyl (C=O) groups is 1. The van der Waals surface area contributed by atoms with Crippen molar-refractivity contribution in [3.05, 3.63) is 54.1 Å². The summed E-state index contributed by atoms with van der Waals surface area (Å²) in [6, 6.07) is 6.88. The summed E-state index contributed by atoms with van der Waals surface area (Å²) < 4.78 is 10.3. The van der Waals surface area contributed by atoms with E-state index in [9.17, 15) is 4.79 Å². The molecule has 2 heterocycles. The van der Waals surface area contributed by atoms with Gasteiger partial charge in [0.15, 0.2) is 11.5 Å². The van der Waals surface area contributed by atoms with Crippen LogP contribution in [0.15, 0.2) is 42.7 Å². The van der Waals surface area contributed by atoms with Crippen LogP contribution in [-0.2, 0) is 0 Å². The lowest BCUT2D eigenvalue weighted by Crippen LogP contribution is -1.97. The number of carbonyl (C=O) groups excluding carboxylic acids is 1. The molecular weight excluding hydrogens is 256 g/mol. The second-order valence-corrected chi connectivity index (χ2v) is 3.88. The summed E-state index contributed by atoms with van der Waals surface area (Å²) in [6.07, 6.45) is 6.16. The Morgan fingerprint density at radius 2 is 1.95 bits per heavy atom. The van der Waals surface area contributed by atoms with Gasteiger partial charge >= 0.3 is 0 Å². The number of pyridine rings is 2. The molecule has 0 radical (unpaired) electrons. The van der Waals surface area contributed by atoms with Gasteiger partial charge in [0.2, 0.25) is 5.78 Å². The van der Waals surface area contributed by atoms with E-state index >= 15 is 0 Å². The van der Waals surface area contributed by atoms with Crippen molar-refractivity contribution in [1.29, 1.82) is 0 Å².